The van der Waals surface area contributed by atoms with Crippen LogP contribution in [0.4, 0.5) is 0 Å². The summed E-state index contributed by atoms with van der Waals surface area (Å²) >= 11 is 1.33. The van der Waals surface area contributed by atoms with Gasteiger partial charge in [0, 0.05) is 18.5 Å². The Kier molecular flexibility index (Phi) is 4.01. The Bertz CT molecular complexity index is 796. The van der Waals surface area contributed by atoms with Crippen LogP contribution in [-0.4, -0.2) is 36.5 Å². The van der Waals surface area contributed by atoms with Gasteiger partial charge in [-0.25, -0.2) is 0 Å². The van der Waals surface area contributed by atoms with Gasteiger partial charge in [0.1, 0.15) is 0 Å². The molecular formula is C14H11N5O2S. The summed E-state index contributed by atoms with van der Waals surface area (Å²) in [4.78, 5) is 16.8. The molecule has 0 bridgehead atoms. The second-order valence-corrected chi connectivity index (χ2v) is 5.35. The molecule has 7 nitrogen and oxygen atoms in total. The minimum atomic E-state index is -0.318. The van der Waals surface area contributed by atoms with Crippen molar-refractivity contribution in [3.05, 3.63) is 63.9 Å². The highest BCUT2D eigenvalue weighted by molar-refractivity contribution is 7.12. The maximum atomic E-state index is 12.3. The van der Waals surface area contributed by atoms with E-state index in [1.165, 1.54) is 11.3 Å². The molecule has 110 valence electrons. The van der Waals surface area contributed by atoms with Crippen molar-refractivity contribution in [3.8, 4) is 0 Å². The second-order valence-electron chi connectivity index (χ2n) is 4.44. The molecule has 0 fully saturated rings. The van der Waals surface area contributed by atoms with Gasteiger partial charge in [0.25, 0.3) is 0 Å². The third kappa shape index (κ3) is 3.07. The summed E-state index contributed by atoms with van der Waals surface area (Å²) in [6.07, 6.45) is 5.16. The first-order chi connectivity index (χ1) is 10.7. The number of aliphatic hydroxyl groups excluding tert-OH is 1. The SMILES string of the molecule is O=C(C=C(O)c1nn[nH]n1)c1sccc1Cc1ccncc1. The highest BCUT2D eigenvalue weighted by atomic mass is 32.1. The first-order valence-corrected chi connectivity index (χ1v) is 7.26. The number of ketones is 1. The number of hydrogen-bond acceptors (Lipinski definition) is 7. The molecule has 3 aromatic heterocycles. The van der Waals surface area contributed by atoms with E-state index in [1.54, 1.807) is 12.4 Å². The molecule has 3 heterocycles. The lowest BCUT2D eigenvalue weighted by atomic mass is 10.1. The van der Waals surface area contributed by atoms with Crippen LogP contribution in [0.15, 0.2) is 42.0 Å². The molecule has 0 aliphatic carbocycles. The van der Waals surface area contributed by atoms with Gasteiger partial charge in [0.2, 0.25) is 5.82 Å². The van der Waals surface area contributed by atoms with E-state index in [2.05, 4.69) is 25.6 Å². The van der Waals surface area contributed by atoms with Crippen LogP contribution in [-0.2, 0) is 6.42 Å². The summed E-state index contributed by atoms with van der Waals surface area (Å²) in [5.41, 5.74) is 1.96. The Morgan fingerprint density at radius 3 is 2.86 bits per heavy atom. The predicted octanol–water partition coefficient (Wildman–Crippen LogP) is 2.03. The van der Waals surface area contributed by atoms with E-state index in [4.69, 9.17) is 0 Å². The number of nitrogens with one attached hydrogen (secondary N) is 1. The molecule has 22 heavy (non-hydrogen) atoms. The minimum Gasteiger partial charge on any atom is -0.504 e. The summed E-state index contributed by atoms with van der Waals surface area (Å²) in [5.74, 6) is -0.621. The van der Waals surface area contributed by atoms with Gasteiger partial charge in [-0.3, -0.25) is 9.78 Å². The number of carbonyl (C=O) groups is 1. The summed E-state index contributed by atoms with van der Waals surface area (Å²) in [6, 6.07) is 5.70. The van der Waals surface area contributed by atoms with Gasteiger partial charge in [-0.1, -0.05) is 0 Å². The van der Waals surface area contributed by atoms with E-state index in [1.807, 2.05) is 23.6 Å². The van der Waals surface area contributed by atoms with Gasteiger partial charge < -0.3 is 5.11 Å². The molecular weight excluding hydrogens is 302 g/mol. The Morgan fingerprint density at radius 1 is 1.32 bits per heavy atom. The van der Waals surface area contributed by atoms with Crippen molar-refractivity contribution in [2.24, 2.45) is 0 Å². The van der Waals surface area contributed by atoms with Crippen LogP contribution in [0, 0.1) is 0 Å². The first-order valence-electron chi connectivity index (χ1n) is 6.38. The zero-order valence-electron chi connectivity index (χ0n) is 11.3. The third-order valence-electron chi connectivity index (χ3n) is 2.96. The molecule has 0 amide bonds. The highest BCUT2D eigenvalue weighted by Crippen LogP contribution is 2.22. The van der Waals surface area contributed by atoms with Crippen LogP contribution in [0.5, 0.6) is 0 Å². The fourth-order valence-corrected chi connectivity index (χ4v) is 2.77. The topological polar surface area (TPSA) is 105 Å². The summed E-state index contributed by atoms with van der Waals surface area (Å²) in [7, 11) is 0. The molecule has 2 N–H and O–H groups in total. The number of aliphatic hydroxyl groups is 1. The molecule has 0 spiro atoms. The molecule has 0 unspecified atom stereocenters. The van der Waals surface area contributed by atoms with Crippen molar-refractivity contribution in [2.75, 3.05) is 0 Å². The van der Waals surface area contributed by atoms with Crippen molar-refractivity contribution in [3.63, 3.8) is 0 Å². The number of thiophene rings is 1. The van der Waals surface area contributed by atoms with Crippen molar-refractivity contribution < 1.29 is 9.90 Å². The molecule has 0 aliphatic heterocycles. The van der Waals surface area contributed by atoms with Gasteiger partial charge in [0.05, 0.1) is 4.88 Å². The van der Waals surface area contributed by atoms with Crippen molar-refractivity contribution in [1.82, 2.24) is 25.6 Å². The van der Waals surface area contributed by atoms with E-state index in [0.717, 1.165) is 17.2 Å². The second kappa shape index (κ2) is 6.27. The van der Waals surface area contributed by atoms with Gasteiger partial charge >= 0.3 is 0 Å². The molecule has 0 aliphatic rings. The zero-order chi connectivity index (χ0) is 15.4. The fourth-order valence-electron chi connectivity index (χ4n) is 1.94. The van der Waals surface area contributed by atoms with E-state index in [9.17, 15) is 9.90 Å². The number of tetrazole rings is 1. The smallest absolute Gasteiger partial charge is 0.239 e. The predicted molar refractivity (Wildman–Crippen MR) is 80.5 cm³/mol. The molecule has 3 rings (SSSR count). The monoisotopic (exact) mass is 313 g/mol. The summed E-state index contributed by atoms with van der Waals surface area (Å²) < 4.78 is 0. The average molecular weight is 313 g/mol. The maximum Gasteiger partial charge on any atom is 0.239 e. The zero-order valence-corrected chi connectivity index (χ0v) is 12.1. The van der Waals surface area contributed by atoms with Crippen molar-refractivity contribution >= 4 is 22.9 Å². The quantitative estimate of drug-likeness (QED) is 0.424. The Balaban J connectivity index is 1.82. The van der Waals surface area contributed by atoms with Crippen LogP contribution in [0.1, 0.15) is 26.6 Å². The molecule has 0 radical (unpaired) electrons. The van der Waals surface area contributed by atoms with Crippen LogP contribution < -0.4 is 0 Å². The van der Waals surface area contributed by atoms with E-state index in [0.29, 0.717) is 11.3 Å². The van der Waals surface area contributed by atoms with E-state index < -0.39 is 0 Å². The lowest BCUT2D eigenvalue weighted by Crippen LogP contribution is -1.99. The number of rotatable bonds is 5. The lowest BCUT2D eigenvalue weighted by molar-refractivity contribution is 0.104. The van der Waals surface area contributed by atoms with E-state index in [-0.39, 0.29) is 17.4 Å². The van der Waals surface area contributed by atoms with Gasteiger partial charge in [0.15, 0.2) is 11.5 Å². The average Bonchev–Trinajstić information content (AvgIpc) is 3.19. The number of hydrogen-bond donors (Lipinski definition) is 2. The lowest BCUT2D eigenvalue weighted by Gasteiger charge is -2.01. The largest absolute Gasteiger partial charge is 0.504 e. The van der Waals surface area contributed by atoms with Gasteiger partial charge in [-0.05, 0) is 46.3 Å². The summed E-state index contributed by atoms with van der Waals surface area (Å²) in [5, 5.41) is 24.5. The molecule has 0 saturated heterocycles. The minimum absolute atomic E-state index is 0.0133. The molecule has 3 aromatic rings. The number of aromatic amines is 1. The number of H-pyrrole nitrogens is 1. The van der Waals surface area contributed by atoms with E-state index >= 15 is 0 Å². The van der Waals surface area contributed by atoms with Gasteiger partial charge in [-0.2, -0.15) is 5.21 Å². The van der Waals surface area contributed by atoms with Crippen LogP contribution >= 0.6 is 11.3 Å². The Morgan fingerprint density at radius 2 is 2.14 bits per heavy atom. The first kappa shape index (κ1) is 14.1. The van der Waals surface area contributed by atoms with Crippen LogP contribution in [0.25, 0.3) is 5.76 Å². The normalized spacial score (nSPS) is 11.5. The molecule has 0 saturated carbocycles. The standard InChI is InChI=1S/C14H11N5O2S/c20-11(8-12(21)14-16-18-19-17-14)13-10(3-6-22-13)7-9-1-4-15-5-2-9/h1-6,8,21H,7H2,(H,16,17,18,19). The Labute approximate surface area is 129 Å². The van der Waals surface area contributed by atoms with Crippen molar-refractivity contribution in [2.45, 2.75) is 6.42 Å². The number of pyridine rings is 1. The maximum absolute atomic E-state index is 12.3. The Hall–Kier alpha value is -2.87. The van der Waals surface area contributed by atoms with Crippen molar-refractivity contribution in [1.29, 1.82) is 0 Å². The number of aromatic nitrogens is 5. The number of allylic oxidation sites excluding steroid dienone is 1. The fraction of sp³-hybridized carbons (Fsp3) is 0.0714. The highest BCUT2D eigenvalue weighted by Gasteiger charge is 2.14. The van der Waals surface area contributed by atoms with Crippen LogP contribution in [0.3, 0.4) is 0 Å². The number of carbonyl (C=O) groups excluding carboxylic acids is 1. The van der Waals surface area contributed by atoms with Crippen LogP contribution in [0.2, 0.25) is 0 Å². The molecule has 0 aromatic carbocycles. The molecule has 8 heteroatoms. The van der Waals surface area contributed by atoms with Gasteiger partial charge in [-0.15, -0.1) is 21.5 Å². The third-order valence-corrected chi connectivity index (χ3v) is 3.93. The molecule has 0 atom stereocenters. The summed E-state index contributed by atoms with van der Waals surface area (Å²) in [6.45, 7) is 0. The number of nitrogens with zero attached hydrogens (tertiary/aromatic N) is 4.